The van der Waals surface area contributed by atoms with E-state index in [1.165, 1.54) is 53.4 Å². The number of nitro groups is 1. The molecule has 0 unspecified atom stereocenters. The standard InChI is InChI=1S/C31H23N5O5S3/c37-28(35-31-34-26(18-44-31)27-10-5-15-42-27)19-43-24-9-4-8-22(17-24)32-30(39)25(33-29(38)21-6-2-1-3-7-21)16-20-11-13-23(14-12-20)36(40)41/h1-18H,19H2,(H,32,39)(H,33,38)(H,34,35,37)/b25-16+. The summed E-state index contributed by atoms with van der Waals surface area (Å²) in [5, 5.41) is 23.7. The molecule has 0 atom stereocenters. The van der Waals surface area contributed by atoms with Crippen LogP contribution in [0, 0.1) is 10.1 Å². The van der Waals surface area contributed by atoms with E-state index in [2.05, 4.69) is 20.9 Å². The Bertz CT molecular complexity index is 1820. The molecule has 0 saturated carbocycles. The van der Waals surface area contributed by atoms with Crippen LogP contribution in [-0.2, 0) is 9.59 Å². The fraction of sp³-hybridized carbons (Fsp3) is 0.0323. The van der Waals surface area contributed by atoms with Crippen molar-refractivity contribution in [1.29, 1.82) is 0 Å². The number of thiophene rings is 1. The summed E-state index contributed by atoms with van der Waals surface area (Å²) in [4.78, 5) is 55.5. The van der Waals surface area contributed by atoms with Gasteiger partial charge in [0, 0.05) is 33.7 Å². The van der Waals surface area contributed by atoms with E-state index in [1.807, 2.05) is 29.0 Å². The van der Waals surface area contributed by atoms with Crippen molar-refractivity contribution in [3.05, 3.63) is 129 Å². The van der Waals surface area contributed by atoms with E-state index >= 15 is 0 Å². The SMILES string of the molecule is O=C(CSc1cccc(NC(=O)/C(=C\c2ccc([N+](=O)[O-])cc2)NC(=O)c2ccccc2)c1)Nc1nc(-c2cccs2)cs1. The maximum absolute atomic E-state index is 13.3. The summed E-state index contributed by atoms with van der Waals surface area (Å²) < 4.78 is 0. The molecule has 0 aliphatic carbocycles. The third-order valence-corrected chi connectivity index (χ3v) is 8.57. The molecule has 2 aromatic heterocycles. The summed E-state index contributed by atoms with van der Waals surface area (Å²) in [7, 11) is 0. The highest BCUT2D eigenvalue weighted by Crippen LogP contribution is 2.29. The van der Waals surface area contributed by atoms with Gasteiger partial charge < -0.3 is 16.0 Å². The zero-order valence-electron chi connectivity index (χ0n) is 22.8. The Kier molecular flexibility index (Phi) is 9.92. The molecule has 10 nitrogen and oxygen atoms in total. The van der Waals surface area contributed by atoms with E-state index < -0.39 is 16.7 Å². The van der Waals surface area contributed by atoms with Gasteiger partial charge in [0.15, 0.2) is 5.13 Å². The number of thioether (sulfide) groups is 1. The van der Waals surface area contributed by atoms with Crippen LogP contribution in [-0.4, -0.2) is 33.4 Å². The number of rotatable bonds is 11. The van der Waals surface area contributed by atoms with Crippen LogP contribution in [0.2, 0.25) is 0 Å². The summed E-state index contributed by atoms with van der Waals surface area (Å²) in [5.74, 6) is -1.18. The number of anilines is 2. The van der Waals surface area contributed by atoms with Gasteiger partial charge in [-0.2, -0.15) is 0 Å². The van der Waals surface area contributed by atoms with Crippen LogP contribution in [0.15, 0.2) is 112 Å². The van der Waals surface area contributed by atoms with Gasteiger partial charge in [0.1, 0.15) is 5.70 Å². The number of hydrogen-bond acceptors (Lipinski definition) is 9. The van der Waals surface area contributed by atoms with E-state index in [0.29, 0.717) is 21.9 Å². The largest absolute Gasteiger partial charge is 0.321 e. The van der Waals surface area contributed by atoms with Crippen LogP contribution >= 0.6 is 34.4 Å². The molecule has 3 aromatic carbocycles. The number of aromatic nitrogens is 1. The van der Waals surface area contributed by atoms with Gasteiger partial charge in [-0.3, -0.25) is 24.5 Å². The van der Waals surface area contributed by atoms with Crippen LogP contribution in [0.1, 0.15) is 15.9 Å². The minimum absolute atomic E-state index is 0.0597. The number of carbonyl (C=O) groups excluding carboxylic acids is 3. The number of nitrogens with zero attached hydrogens (tertiary/aromatic N) is 2. The first-order valence-electron chi connectivity index (χ1n) is 13.0. The highest BCUT2D eigenvalue weighted by Gasteiger charge is 2.16. The number of non-ortho nitro benzene ring substituents is 1. The second kappa shape index (κ2) is 14.4. The van der Waals surface area contributed by atoms with Crippen LogP contribution in [0.4, 0.5) is 16.5 Å². The molecule has 0 bridgehead atoms. The second-order valence-corrected chi connectivity index (χ2v) is 11.9. The van der Waals surface area contributed by atoms with Gasteiger partial charge in [-0.05, 0) is 65.6 Å². The van der Waals surface area contributed by atoms with Crippen LogP contribution in [0.5, 0.6) is 0 Å². The first-order chi connectivity index (χ1) is 21.3. The van der Waals surface area contributed by atoms with Gasteiger partial charge in [0.2, 0.25) is 5.91 Å². The predicted octanol–water partition coefficient (Wildman–Crippen LogP) is 6.92. The second-order valence-electron chi connectivity index (χ2n) is 9.06. The average Bonchev–Trinajstić information content (AvgIpc) is 3.73. The van der Waals surface area contributed by atoms with Crippen LogP contribution in [0.3, 0.4) is 0 Å². The van der Waals surface area contributed by atoms with Crippen molar-refractivity contribution in [2.24, 2.45) is 0 Å². The lowest BCUT2D eigenvalue weighted by Gasteiger charge is -2.12. The molecular weight excluding hydrogens is 619 g/mol. The van der Waals surface area contributed by atoms with Crippen molar-refractivity contribution >= 4 is 74.7 Å². The number of amides is 3. The summed E-state index contributed by atoms with van der Waals surface area (Å²) >= 11 is 4.23. The predicted molar refractivity (Wildman–Crippen MR) is 175 cm³/mol. The third kappa shape index (κ3) is 8.25. The molecule has 44 heavy (non-hydrogen) atoms. The maximum Gasteiger partial charge on any atom is 0.272 e. The molecular formula is C31H23N5O5S3. The van der Waals surface area contributed by atoms with Crippen molar-refractivity contribution in [2.75, 3.05) is 16.4 Å². The lowest BCUT2D eigenvalue weighted by atomic mass is 10.1. The first kappa shape index (κ1) is 30.4. The molecule has 0 aliphatic rings. The molecule has 3 amide bonds. The number of thiazole rings is 1. The molecule has 5 aromatic rings. The van der Waals surface area contributed by atoms with Crippen molar-refractivity contribution in [3.63, 3.8) is 0 Å². The fourth-order valence-corrected chi connectivity index (χ4v) is 6.08. The lowest BCUT2D eigenvalue weighted by molar-refractivity contribution is -0.384. The van der Waals surface area contributed by atoms with E-state index in [9.17, 15) is 24.5 Å². The van der Waals surface area contributed by atoms with E-state index in [0.717, 1.165) is 15.5 Å². The summed E-state index contributed by atoms with van der Waals surface area (Å²) in [6.07, 6.45) is 1.44. The zero-order valence-corrected chi connectivity index (χ0v) is 25.2. The molecule has 0 spiro atoms. The minimum Gasteiger partial charge on any atom is -0.321 e. The summed E-state index contributed by atoms with van der Waals surface area (Å²) in [6, 6.07) is 24.9. The molecule has 0 saturated heterocycles. The van der Waals surface area contributed by atoms with Crippen molar-refractivity contribution in [3.8, 4) is 10.6 Å². The highest BCUT2D eigenvalue weighted by molar-refractivity contribution is 8.00. The first-order valence-corrected chi connectivity index (χ1v) is 15.7. The van der Waals surface area contributed by atoms with E-state index in [-0.39, 0.29) is 23.0 Å². The Morgan fingerprint density at radius 3 is 2.43 bits per heavy atom. The smallest absolute Gasteiger partial charge is 0.272 e. The fourth-order valence-electron chi connectivity index (χ4n) is 3.84. The topological polar surface area (TPSA) is 143 Å². The molecule has 13 heteroatoms. The molecule has 0 radical (unpaired) electrons. The Morgan fingerprint density at radius 2 is 1.70 bits per heavy atom. The van der Waals surface area contributed by atoms with E-state index in [1.54, 1.807) is 59.9 Å². The van der Waals surface area contributed by atoms with Gasteiger partial charge >= 0.3 is 0 Å². The molecule has 2 heterocycles. The Balaban J connectivity index is 1.25. The van der Waals surface area contributed by atoms with Gasteiger partial charge in [0.25, 0.3) is 17.5 Å². The Labute approximate surface area is 264 Å². The van der Waals surface area contributed by atoms with Crippen molar-refractivity contribution in [1.82, 2.24) is 10.3 Å². The Morgan fingerprint density at radius 1 is 0.909 bits per heavy atom. The molecule has 5 rings (SSSR count). The monoisotopic (exact) mass is 641 g/mol. The zero-order chi connectivity index (χ0) is 30.9. The minimum atomic E-state index is -0.599. The molecule has 220 valence electrons. The molecule has 0 aliphatic heterocycles. The third-order valence-electron chi connectivity index (χ3n) is 5.93. The molecule has 0 fully saturated rings. The quantitative estimate of drug-likeness (QED) is 0.0615. The number of hydrogen-bond donors (Lipinski definition) is 3. The highest BCUT2D eigenvalue weighted by atomic mass is 32.2. The average molecular weight is 642 g/mol. The van der Waals surface area contributed by atoms with Gasteiger partial charge in [-0.15, -0.1) is 34.4 Å². The maximum atomic E-state index is 13.3. The van der Waals surface area contributed by atoms with Gasteiger partial charge in [-0.1, -0.05) is 30.3 Å². The number of carbonyl (C=O) groups is 3. The molecule has 3 N–H and O–H groups in total. The van der Waals surface area contributed by atoms with Gasteiger partial charge in [-0.25, -0.2) is 4.98 Å². The summed E-state index contributed by atoms with van der Waals surface area (Å²) in [6.45, 7) is 0. The van der Waals surface area contributed by atoms with Crippen molar-refractivity contribution in [2.45, 2.75) is 4.90 Å². The van der Waals surface area contributed by atoms with Gasteiger partial charge in [0.05, 0.1) is 21.2 Å². The number of nitro benzene ring substituents is 1. The van der Waals surface area contributed by atoms with Crippen LogP contribution < -0.4 is 16.0 Å². The Hall–Kier alpha value is -5.11. The summed E-state index contributed by atoms with van der Waals surface area (Å²) in [5.41, 5.74) is 1.94. The van der Waals surface area contributed by atoms with Crippen LogP contribution in [0.25, 0.3) is 16.6 Å². The number of nitrogens with one attached hydrogen (secondary N) is 3. The van der Waals surface area contributed by atoms with Crippen molar-refractivity contribution < 1.29 is 19.3 Å². The van der Waals surface area contributed by atoms with E-state index in [4.69, 9.17) is 0 Å². The number of benzene rings is 3. The normalized spacial score (nSPS) is 11.0. The lowest BCUT2D eigenvalue weighted by Crippen LogP contribution is -2.30.